The lowest BCUT2D eigenvalue weighted by Crippen LogP contribution is -2.28. The quantitative estimate of drug-likeness (QED) is 0.680. The monoisotopic (exact) mass is 404 g/mol. The van der Waals surface area contributed by atoms with Crippen molar-refractivity contribution in [1.82, 2.24) is 5.32 Å². The molecule has 0 spiro atoms. The Morgan fingerprint density at radius 2 is 1.79 bits per heavy atom. The van der Waals surface area contributed by atoms with Crippen molar-refractivity contribution in [3.63, 3.8) is 0 Å². The fraction of sp³-hybridized carbons (Fsp3) is 0.167. The van der Waals surface area contributed by atoms with Crippen LogP contribution < -0.4 is 10.2 Å². The Labute approximate surface area is 175 Å². The van der Waals surface area contributed by atoms with Gasteiger partial charge in [0, 0.05) is 34.9 Å². The van der Waals surface area contributed by atoms with E-state index >= 15 is 0 Å². The van der Waals surface area contributed by atoms with Gasteiger partial charge in [0.1, 0.15) is 0 Å². The van der Waals surface area contributed by atoms with Gasteiger partial charge in [-0.3, -0.25) is 9.59 Å². The van der Waals surface area contributed by atoms with Crippen molar-refractivity contribution in [2.45, 2.75) is 19.9 Å². The van der Waals surface area contributed by atoms with Crippen LogP contribution in [0.25, 0.3) is 0 Å². The molecule has 0 fully saturated rings. The highest BCUT2D eigenvalue weighted by Gasteiger charge is 2.25. The third-order valence-corrected chi connectivity index (χ3v) is 5.36. The van der Waals surface area contributed by atoms with Gasteiger partial charge in [0.2, 0.25) is 0 Å². The van der Waals surface area contributed by atoms with Crippen molar-refractivity contribution in [3.05, 3.63) is 99.6 Å². The minimum absolute atomic E-state index is 0.0243. The largest absolute Gasteiger partial charge is 0.348 e. The number of benzene rings is 3. The molecule has 29 heavy (non-hydrogen) atoms. The van der Waals surface area contributed by atoms with Crippen LogP contribution in [0.4, 0.5) is 5.69 Å². The van der Waals surface area contributed by atoms with Gasteiger partial charge in [0.15, 0.2) is 0 Å². The van der Waals surface area contributed by atoms with Crippen LogP contribution in [0.5, 0.6) is 0 Å². The van der Waals surface area contributed by atoms with Crippen molar-refractivity contribution in [1.29, 1.82) is 0 Å². The molecule has 1 aliphatic rings. The number of fused-ring (bicyclic) bond motifs is 1. The minimum Gasteiger partial charge on any atom is -0.348 e. The maximum absolute atomic E-state index is 12.9. The number of carbonyl (C=O) groups excluding carboxylic acids is 2. The van der Waals surface area contributed by atoms with E-state index in [2.05, 4.69) is 11.4 Å². The number of aryl methyl sites for hydroxylation is 1. The molecule has 3 aromatic rings. The SMILES string of the molecule is Cc1cccc(C(=O)N2CCc3cc(CNC(=O)c4ccc(Cl)cc4)ccc32)c1. The predicted octanol–water partition coefficient (Wildman–Crippen LogP) is 4.78. The van der Waals surface area contributed by atoms with Crippen molar-refractivity contribution < 1.29 is 9.59 Å². The van der Waals surface area contributed by atoms with Gasteiger partial charge in [0.25, 0.3) is 11.8 Å². The van der Waals surface area contributed by atoms with Crippen molar-refractivity contribution >= 4 is 29.1 Å². The molecule has 0 aliphatic carbocycles. The highest BCUT2D eigenvalue weighted by Crippen LogP contribution is 2.30. The molecule has 1 N–H and O–H groups in total. The zero-order valence-corrected chi connectivity index (χ0v) is 16.9. The molecule has 2 amide bonds. The Kier molecular flexibility index (Phi) is 5.36. The molecule has 1 aliphatic heterocycles. The molecule has 0 atom stereocenters. The number of anilines is 1. The van der Waals surface area contributed by atoms with Gasteiger partial charge in [-0.05, 0) is 66.9 Å². The molecule has 0 unspecified atom stereocenters. The number of nitrogens with zero attached hydrogens (tertiary/aromatic N) is 1. The highest BCUT2D eigenvalue weighted by molar-refractivity contribution is 6.30. The van der Waals surface area contributed by atoms with E-state index in [-0.39, 0.29) is 11.8 Å². The second kappa shape index (κ2) is 8.10. The first kappa shape index (κ1) is 19.2. The van der Waals surface area contributed by atoms with Gasteiger partial charge in [0.05, 0.1) is 0 Å². The summed E-state index contributed by atoms with van der Waals surface area (Å²) in [6.07, 6.45) is 0.811. The van der Waals surface area contributed by atoms with Crippen LogP contribution in [0.2, 0.25) is 5.02 Å². The number of rotatable bonds is 4. The summed E-state index contributed by atoms with van der Waals surface area (Å²) in [7, 11) is 0. The smallest absolute Gasteiger partial charge is 0.258 e. The lowest BCUT2D eigenvalue weighted by atomic mass is 10.1. The summed E-state index contributed by atoms with van der Waals surface area (Å²) in [4.78, 5) is 27.0. The number of carbonyl (C=O) groups is 2. The van der Waals surface area contributed by atoms with Gasteiger partial charge < -0.3 is 10.2 Å². The molecule has 0 radical (unpaired) electrons. The summed E-state index contributed by atoms with van der Waals surface area (Å²) in [6.45, 7) is 3.09. The molecule has 0 saturated heterocycles. The average Bonchev–Trinajstić information content (AvgIpc) is 3.15. The van der Waals surface area contributed by atoms with Crippen LogP contribution in [-0.2, 0) is 13.0 Å². The molecule has 0 aromatic heterocycles. The molecule has 4 nitrogen and oxygen atoms in total. The zero-order valence-electron chi connectivity index (χ0n) is 16.1. The molecular weight excluding hydrogens is 384 g/mol. The molecule has 0 bridgehead atoms. The van der Waals surface area contributed by atoms with E-state index in [4.69, 9.17) is 11.6 Å². The highest BCUT2D eigenvalue weighted by atomic mass is 35.5. The van der Waals surface area contributed by atoms with E-state index < -0.39 is 0 Å². The second-order valence-corrected chi connectivity index (χ2v) is 7.67. The predicted molar refractivity (Wildman–Crippen MR) is 116 cm³/mol. The van der Waals surface area contributed by atoms with E-state index in [1.54, 1.807) is 24.3 Å². The molecule has 4 rings (SSSR count). The van der Waals surface area contributed by atoms with E-state index in [1.165, 1.54) is 0 Å². The number of hydrogen-bond donors (Lipinski definition) is 1. The Balaban J connectivity index is 1.45. The molecular formula is C24H21ClN2O2. The maximum atomic E-state index is 12.9. The van der Waals surface area contributed by atoms with Crippen molar-refractivity contribution in [2.24, 2.45) is 0 Å². The first-order valence-electron chi connectivity index (χ1n) is 9.55. The lowest BCUT2D eigenvalue weighted by molar-refractivity contribution is 0.0949. The average molecular weight is 405 g/mol. The van der Waals surface area contributed by atoms with E-state index in [0.29, 0.717) is 29.2 Å². The van der Waals surface area contributed by atoms with Crippen LogP contribution >= 0.6 is 11.6 Å². The summed E-state index contributed by atoms with van der Waals surface area (Å²) < 4.78 is 0. The van der Waals surface area contributed by atoms with Crippen molar-refractivity contribution in [3.8, 4) is 0 Å². The number of hydrogen-bond acceptors (Lipinski definition) is 2. The maximum Gasteiger partial charge on any atom is 0.258 e. The van der Waals surface area contributed by atoms with E-state index in [1.807, 2.05) is 48.2 Å². The van der Waals surface area contributed by atoms with Gasteiger partial charge >= 0.3 is 0 Å². The Hall–Kier alpha value is -3.11. The second-order valence-electron chi connectivity index (χ2n) is 7.23. The first-order valence-corrected chi connectivity index (χ1v) is 9.93. The van der Waals surface area contributed by atoms with E-state index in [9.17, 15) is 9.59 Å². The Morgan fingerprint density at radius 1 is 1.00 bits per heavy atom. The summed E-state index contributed by atoms with van der Waals surface area (Å²) in [6, 6.07) is 20.5. The van der Waals surface area contributed by atoms with Gasteiger partial charge in [-0.1, -0.05) is 41.4 Å². The van der Waals surface area contributed by atoms with Crippen LogP contribution in [-0.4, -0.2) is 18.4 Å². The van der Waals surface area contributed by atoms with Gasteiger partial charge in [-0.2, -0.15) is 0 Å². The number of amides is 2. The van der Waals surface area contributed by atoms with E-state index in [0.717, 1.165) is 28.8 Å². The zero-order chi connectivity index (χ0) is 20.4. The molecule has 146 valence electrons. The van der Waals surface area contributed by atoms with Crippen LogP contribution in [0.3, 0.4) is 0 Å². The molecule has 5 heteroatoms. The normalized spacial score (nSPS) is 12.6. The van der Waals surface area contributed by atoms with Gasteiger partial charge in [-0.15, -0.1) is 0 Å². The summed E-state index contributed by atoms with van der Waals surface area (Å²) in [5.74, 6) is -0.116. The molecule has 1 heterocycles. The third-order valence-electron chi connectivity index (χ3n) is 5.11. The van der Waals surface area contributed by atoms with Crippen LogP contribution in [0.15, 0.2) is 66.7 Å². The summed E-state index contributed by atoms with van der Waals surface area (Å²) >= 11 is 5.86. The molecule has 0 saturated carbocycles. The fourth-order valence-electron chi connectivity index (χ4n) is 3.60. The van der Waals surface area contributed by atoms with Gasteiger partial charge in [-0.25, -0.2) is 0 Å². The summed E-state index contributed by atoms with van der Waals surface area (Å²) in [5.41, 5.74) is 5.44. The minimum atomic E-state index is -0.140. The number of nitrogens with one attached hydrogen (secondary N) is 1. The Morgan fingerprint density at radius 3 is 2.55 bits per heavy atom. The number of halogens is 1. The van der Waals surface area contributed by atoms with Crippen LogP contribution in [0, 0.1) is 6.92 Å². The van der Waals surface area contributed by atoms with Crippen LogP contribution in [0.1, 0.15) is 37.4 Å². The standard InChI is InChI=1S/C24H21ClN2O2/c1-16-3-2-4-20(13-16)24(29)27-12-11-19-14-17(5-10-22(19)27)15-26-23(28)18-6-8-21(25)9-7-18/h2-10,13-14H,11-12,15H2,1H3,(H,26,28). The topological polar surface area (TPSA) is 49.4 Å². The third kappa shape index (κ3) is 4.17. The molecule has 3 aromatic carbocycles. The fourth-order valence-corrected chi connectivity index (χ4v) is 3.72. The first-order chi connectivity index (χ1) is 14.0. The van der Waals surface area contributed by atoms with Crippen molar-refractivity contribution in [2.75, 3.05) is 11.4 Å². The lowest BCUT2D eigenvalue weighted by Gasteiger charge is -2.18. The Bertz CT molecular complexity index is 1080. The summed E-state index contributed by atoms with van der Waals surface area (Å²) in [5, 5.41) is 3.53.